The molecule has 1 aliphatic heterocycles. The molecule has 1 amide bonds. The molecule has 1 fully saturated rings. The largest absolute Gasteiger partial charge is 0.360 e. The van der Waals surface area contributed by atoms with Crippen LogP contribution in [-0.4, -0.2) is 41.6 Å². The molecule has 1 N–H and O–H groups in total. The molecule has 5 heteroatoms. The second-order valence-corrected chi connectivity index (χ2v) is 5.19. The van der Waals surface area contributed by atoms with Gasteiger partial charge in [-0.2, -0.15) is 0 Å². The molecule has 1 atom stereocenters. The molecule has 0 saturated carbocycles. The van der Waals surface area contributed by atoms with Crippen molar-refractivity contribution in [1.82, 2.24) is 15.4 Å². The third kappa shape index (κ3) is 1.92. The van der Waals surface area contributed by atoms with Gasteiger partial charge in [-0.15, -0.1) is 0 Å². The molecule has 2 aliphatic rings. The number of aromatic nitrogens is 1. The highest BCUT2D eigenvalue weighted by Crippen LogP contribution is 2.25. The number of nitrogens with zero attached hydrogens (tertiary/aromatic N) is 2. The Morgan fingerprint density at radius 2 is 2.28 bits per heavy atom. The topological polar surface area (TPSA) is 58.4 Å². The summed E-state index contributed by atoms with van der Waals surface area (Å²) in [6.07, 6.45) is 4.12. The van der Waals surface area contributed by atoms with E-state index in [1.807, 2.05) is 4.90 Å². The molecular weight excluding hydrogens is 230 g/mol. The van der Waals surface area contributed by atoms with Gasteiger partial charge < -0.3 is 14.7 Å². The third-order valence-corrected chi connectivity index (χ3v) is 3.91. The predicted molar refractivity (Wildman–Crippen MR) is 66.5 cm³/mol. The molecule has 98 valence electrons. The number of hydrogen-bond acceptors (Lipinski definition) is 4. The lowest BCUT2D eigenvalue weighted by Crippen LogP contribution is -2.52. The van der Waals surface area contributed by atoms with Crippen LogP contribution in [0.4, 0.5) is 0 Å². The first-order valence-corrected chi connectivity index (χ1v) is 6.76. The average Bonchev–Trinajstić information content (AvgIpc) is 2.82. The summed E-state index contributed by atoms with van der Waals surface area (Å²) in [7, 11) is 0. The first-order chi connectivity index (χ1) is 8.77. The Morgan fingerprint density at radius 1 is 1.44 bits per heavy atom. The second-order valence-electron chi connectivity index (χ2n) is 5.19. The summed E-state index contributed by atoms with van der Waals surface area (Å²) in [4.78, 5) is 14.4. The number of amides is 1. The van der Waals surface area contributed by atoms with Gasteiger partial charge in [-0.05, 0) is 26.2 Å². The highest BCUT2D eigenvalue weighted by Gasteiger charge is 2.30. The van der Waals surface area contributed by atoms with Crippen molar-refractivity contribution in [3.8, 4) is 0 Å². The molecule has 18 heavy (non-hydrogen) atoms. The number of carbonyl (C=O) groups excluding carboxylic acids is 1. The number of aryl methyl sites for hydroxylation is 1. The van der Waals surface area contributed by atoms with E-state index in [0.717, 1.165) is 56.6 Å². The van der Waals surface area contributed by atoms with Gasteiger partial charge in [-0.1, -0.05) is 5.16 Å². The average molecular weight is 249 g/mol. The molecule has 3 rings (SSSR count). The Morgan fingerprint density at radius 3 is 3.11 bits per heavy atom. The molecular formula is C13H19N3O2. The summed E-state index contributed by atoms with van der Waals surface area (Å²) in [5.41, 5.74) is 1.61. The third-order valence-electron chi connectivity index (χ3n) is 3.91. The first kappa shape index (κ1) is 11.7. The van der Waals surface area contributed by atoms with Gasteiger partial charge in [0.15, 0.2) is 5.69 Å². The van der Waals surface area contributed by atoms with Gasteiger partial charge in [0.2, 0.25) is 0 Å². The Bertz CT molecular complexity index is 455. The van der Waals surface area contributed by atoms with Crippen molar-refractivity contribution in [1.29, 1.82) is 0 Å². The lowest BCUT2D eigenvalue weighted by molar-refractivity contribution is 0.0644. The van der Waals surface area contributed by atoms with Crippen LogP contribution >= 0.6 is 0 Å². The van der Waals surface area contributed by atoms with Crippen molar-refractivity contribution in [2.45, 2.75) is 38.6 Å². The first-order valence-electron chi connectivity index (χ1n) is 6.76. The summed E-state index contributed by atoms with van der Waals surface area (Å²) >= 11 is 0. The van der Waals surface area contributed by atoms with Crippen LogP contribution in [0.1, 0.15) is 41.6 Å². The van der Waals surface area contributed by atoms with Crippen LogP contribution < -0.4 is 5.32 Å². The molecule has 0 aromatic carbocycles. The van der Waals surface area contributed by atoms with Gasteiger partial charge in [-0.25, -0.2) is 0 Å². The van der Waals surface area contributed by atoms with Crippen LogP contribution in [0, 0.1) is 0 Å². The van der Waals surface area contributed by atoms with E-state index in [4.69, 9.17) is 4.52 Å². The van der Waals surface area contributed by atoms with E-state index in [2.05, 4.69) is 17.4 Å². The molecule has 2 heterocycles. The minimum Gasteiger partial charge on any atom is -0.360 e. The van der Waals surface area contributed by atoms with E-state index in [0.29, 0.717) is 5.69 Å². The summed E-state index contributed by atoms with van der Waals surface area (Å²) < 4.78 is 5.32. The second kappa shape index (κ2) is 4.72. The highest BCUT2D eigenvalue weighted by atomic mass is 16.5. The zero-order valence-corrected chi connectivity index (χ0v) is 10.7. The number of hydrogen-bond donors (Lipinski definition) is 1. The lowest BCUT2D eigenvalue weighted by atomic mass is 9.96. The minimum absolute atomic E-state index is 0.0379. The number of rotatable bonds is 1. The van der Waals surface area contributed by atoms with Crippen LogP contribution in [0.15, 0.2) is 4.52 Å². The fourth-order valence-electron chi connectivity index (χ4n) is 2.83. The Balaban J connectivity index is 1.85. The Kier molecular flexibility index (Phi) is 3.07. The summed E-state index contributed by atoms with van der Waals surface area (Å²) in [5, 5.41) is 7.31. The summed E-state index contributed by atoms with van der Waals surface area (Å²) in [5.74, 6) is 0.961. The van der Waals surface area contributed by atoms with Gasteiger partial charge in [0.1, 0.15) is 5.76 Å². The maximum atomic E-state index is 12.5. The van der Waals surface area contributed by atoms with Crippen LogP contribution in [0.2, 0.25) is 0 Å². The van der Waals surface area contributed by atoms with Crippen molar-refractivity contribution in [3.05, 3.63) is 17.0 Å². The molecule has 1 aromatic rings. The molecule has 0 bridgehead atoms. The molecule has 1 saturated heterocycles. The zero-order valence-electron chi connectivity index (χ0n) is 10.7. The summed E-state index contributed by atoms with van der Waals surface area (Å²) in [6, 6.07) is 0.224. The standard InChI is InChI=1S/C13H19N3O2/c1-9-8-14-6-7-16(9)13(17)12-10-4-2-3-5-11(10)18-15-12/h9,14H,2-8H2,1H3/t9-/m0/s1. The van der Waals surface area contributed by atoms with Crippen LogP contribution in [-0.2, 0) is 12.8 Å². The van der Waals surface area contributed by atoms with Crippen molar-refractivity contribution in [2.75, 3.05) is 19.6 Å². The molecule has 1 aliphatic carbocycles. The maximum Gasteiger partial charge on any atom is 0.276 e. The van der Waals surface area contributed by atoms with E-state index in [-0.39, 0.29) is 11.9 Å². The SMILES string of the molecule is C[C@H]1CNCCN1C(=O)c1noc2c1CCCC2. The molecule has 0 unspecified atom stereocenters. The van der Waals surface area contributed by atoms with Crippen LogP contribution in [0.3, 0.4) is 0 Å². The maximum absolute atomic E-state index is 12.5. The monoisotopic (exact) mass is 249 g/mol. The minimum atomic E-state index is 0.0379. The van der Waals surface area contributed by atoms with Crippen molar-refractivity contribution >= 4 is 5.91 Å². The van der Waals surface area contributed by atoms with E-state index in [1.54, 1.807) is 0 Å². The smallest absolute Gasteiger partial charge is 0.276 e. The quantitative estimate of drug-likeness (QED) is 0.806. The normalized spacial score (nSPS) is 23.8. The predicted octanol–water partition coefficient (Wildman–Crippen LogP) is 0.987. The van der Waals surface area contributed by atoms with E-state index in [9.17, 15) is 4.79 Å². The van der Waals surface area contributed by atoms with Crippen molar-refractivity contribution in [2.24, 2.45) is 0 Å². The van der Waals surface area contributed by atoms with Gasteiger partial charge in [0, 0.05) is 37.7 Å². The van der Waals surface area contributed by atoms with Crippen molar-refractivity contribution < 1.29 is 9.32 Å². The molecule has 5 nitrogen and oxygen atoms in total. The van der Waals surface area contributed by atoms with E-state index < -0.39 is 0 Å². The number of carbonyl (C=O) groups is 1. The van der Waals surface area contributed by atoms with Crippen LogP contribution in [0.25, 0.3) is 0 Å². The fraction of sp³-hybridized carbons (Fsp3) is 0.692. The number of piperazine rings is 1. The summed E-state index contributed by atoms with van der Waals surface area (Å²) in [6.45, 7) is 4.53. The molecule has 0 spiro atoms. The van der Waals surface area contributed by atoms with Gasteiger partial charge in [0.25, 0.3) is 5.91 Å². The van der Waals surface area contributed by atoms with Gasteiger partial charge >= 0.3 is 0 Å². The Labute approximate surface area is 107 Å². The Hall–Kier alpha value is -1.36. The fourth-order valence-corrected chi connectivity index (χ4v) is 2.83. The van der Waals surface area contributed by atoms with Crippen LogP contribution in [0.5, 0.6) is 0 Å². The number of nitrogens with one attached hydrogen (secondary N) is 1. The lowest BCUT2D eigenvalue weighted by Gasteiger charge is -2.33. The highest BCUT2D eigenvalue weighted by molar-refractivity contribution is 5.94. The van der Waals surface area contributed by atoms with Crippen molar-refractivity contribution in [3.63, 3.8) is 0 Å². The van der Waals surface area contributed by atoms with E-state index >= 15 is 0 Å². The molecule has 0 radical (unpaired) electrons. The van der Waals surface area contributed by atoms with Gasteiger partial charge in [-0.3, -0.25) is 4.79 Å². The van der Waals surface area contributed by atoms with E-state index in [1.165, 1.54) is 0 Å². The molecule has 1 aromatic heterocycles. The number of fused-ring (bicyclic) bond motifs is 1. The van der Waals surface area contributed by atoms with Gasteiger partial charge in [0.05, 0.1) is 0 Å². The zero-order chi connectivity index (χ0) is 12.5.